The summed E-state index contributed by atoms with van der Waals surface area (Å²) in [5, 5.41) is 11.1. The third kappa shape index (κ3) is 7.74. The summed E-state index contributed by atoms with van der Waals surface area (Å²) in [4.78, 5) is 69.3. The first-order chi connectivity index (χ1) is 22.4. The molecular weight excluding hydrogens is 638 g/mol. The summed E-state index contributed by atoms with van der Waals surface area (Å²) >= 11 is 0. The van der Waals surface area contributed by atoms with Gasteiger partial charge < -0.3 is 30.9 Å². The van der Waals surface area contributed by atoms with E-state index in [4.69, 9.17) is 4.74 Å². The molecule has 14 heteroatoms. The Kier molecular flexibility index (Phi) is 11.4. The minimum atomic E-state index is -3.58. The topological polar surface area (TPSA) is 180 Å². The van der Waals surface area contributed by atoms with Crippen molar-refractivity contribution in [3.05, 3.63) is 12.7 Å². The number of ether oxygens (including phenoxy) is 1. The smallest absolute Gasteiger partial charge is 0.316 e. The Morgan fingerprint density at radius 3 is 2.29 bits per heavy atom. The summed E-state index contributed by atoms with van der Waals surface area (Å²) in [5.41, 5.74) is -3.26. The highest BCUT2D eigenvalue weighted by Crippen LogP contribution is 2.65. The molecule has 0 aromatic rings. The number of amides is 5. The second kappa shape index (κ2) is 14.5. The van der Waals surface area contributed by atoms with Crippen molar-refractivity contribution in [1.82, 2.24) is 26.2 Å². The van der Waals surface area contributed by atoms with Crippen LogP contribution in [0.2, 0.25) is 0 Å². The number of ketones is 1. The van der Waals surface area contributed by atoms with Crippen molar-refractivity contribution in [2.24, 2.45) is 22.7 Å². The number of nitrogens with one attached hydrogen (secondary N) is 4. The van der Waals surface area contributed by atoms with Crippen LogP contribution in [0, 0.1) is 22.7 Å². The Morgan fingerprint density at radius 2 is 1.73 bits per heavy atom. The monoisotopic (exact) mass is 693 g/mol. The van der Waals surface area contributed by atoms with Gasteiger partial charge in [0.15, 0.2) is 15.3 Å². The summed E-state index contributed by atoms with van der Waals surface area (Å²) in [5.74, 6) is -2.73. The molecule has 4 N–H and O–H groups in total. The van der Waals surface area contributed by atoms with Crippen LogP contribution in [0.15, 0.2) is 12.7 Å². The maximum Gasteiger partial charge on any atom is 0.316 e. The summed E-state index contributed by atoms with van der Waals surface area (Å²) in [7, 11) is -3.58. The molecule has 13 nitrogen and oxygen atoms in total. The molecule has 6 atom stereocenters. The van der Waals surface area contributed by atoms with E-state index in [9.17, 15) is 32.4 Å². The molecule has 2 aliphatic carbocycles. The summed E-state index contributed by atoms with van der Waals surface area (Å²) < 4.78 is 31.5. The Balaban J connectivity index is 1.55. The largest absolute Gasteiger partial charge is 0.359 e. The molecule has 0 aromatic carbocycles. The fraction of sp³-hybridized carbons (Fsp3) is 0.794. The van der Waals surface area contributed by atoms with E-state index in [1.54, 1.807) is 0 Å². The van der Waals surface area contributed by atoms with Crippen LogP contribution in [0.4, 0.5) is 4.79 Å². The van der Waals surface area contributed by atoms with E-state index in [1.807, 2.05) is 41.5 Å². The van der Waals surface area contributed by atoms with Crippen molar-refractivity contribution >= 4 is 39.4 Å². The van der Waals surface area contributed by atoms with Crippen molar-refractivity contribution in [3.8, 4) is 0 Å². The van der Waals surface area contributed by atoms with Gasteiger partial charge in [-0.2, -0.15) is 0 Å². The molecule has 2 saturated heterocycles. The van der Waals surface area contributed by atoms with E-state index in [1.165, 1.54) is 11.0 Å². The van der Waals surface area contributed by atoms with Crippen molar-refractivity contribution in [2.75, 3.05) is 25.4 Å². The van der Waals surface area contributed by atoms with Gasteiger partial charge in [-0.05, 0) is 41.9 Å². The molecule has 4 aliphatic rings. The SMILES string of the molecule is C=CCNC(=O)C(=O)[C@H](CCCC)NC(=O)C1C2C(CN1C(=O)[C@@H](NC(=O)NC1([C@@H]3OCCS3(=O)=O)CCCCC1)C(C)(C)C)C2(C)C. The van der Waals surface area contributed by atoms with Gasteiger partial charge in [0.2, 0.25) is 17.6 Å². The molecule has 270 valence electrons. The molecule has 5 amide bonds. The average Bonchev–Trinajstić information content (AvgIpc) is 3.33. The lowest BCUT2D eigenvalue weighted by Crippen LogP contribution is -2.65. The third-order valence-corrected chi connectivity index (χ3v) is 12.8. The molecule has 0 spiro atoms. The van der Waals surface area contributed by atoms with E-state index in [-0.39, 0.29) is 42.6 Å². The summed E-state index contributed by atoms with van der Waals surface area (Å²) in [6, 6.07) is -3.68. The number of likely N-dealkylation sites (tertiary alicyclic amines) is 1. The zero-order valence-electron chi connectivity index (χ0n) is 29.4. The Morgan fingerprint density at radius 1 is 1.06 bits per heavy atom. The number of hydrogen-bond acceptors (Lipinski definition) is 8. The lowest BCUT2D eigenvalue weighted by molar-refractivity contribution is -0.145. The number of carbonyl (C=O) groups is 5. The second-order valence-electron chi connectivity index (χ2n) is 15.6. The number of fused-ring (bicyclic) bond motifs is 1. The van der Waals surface area contributed by atoms with Gasteiger partial charge in [-0.25, -0.2) is 13.2 Å². The summed E-state index contributed by atoms with van der Waals surface area (Å²) in [6.45, 7) is 15.5. The highest BCUT2D eigenvalue weighted by atomic mass is 32.2. The predicted octanol–water partition coefficient (Wildman–Crippen LogP) is 2.20. The third-order valence-electron chi connectivity index (χ3n) is 10.8. The minimum Gasteiger partial charge on any atom is -0.359 e. The second-order valence-corrected chi connectivity index (χ2v) is 17.8. The number of Topliss-reactive ketones (excluding diaryl/α,β-unsaturated/α-hetero) is 1. The fourth-order valence-corrected chi connectivity index (χ4v) is 9.78. The van der Waals surface area contributed by atoms with Gasteiger partial charge >= 0.3 is 6.03 Å². The molecule has 48 heavy (non-hydrogen) atoms. The number of carbonyl (C=O) groups excluding carboxylic acids is 5. The lowest BCUT2D eigenvalue weighted by atomic mass is 9.82. The van der Waals surface area contributed by atoms with Crippen LogP contribution in [0.5, 0.6) is 0 Å². The molecule has 0 aromatic heterocycles. The van der Waals surface area contributed by atoms with Crippen LogP contribution in [0.25, 0.3) is 0 Å². The normalized spacial score (nSPS) is 27.9. The van der Waals surface area contributed by atoms with Gasteiger partial charge in [0, 0.05) is 13.1 Å². The van der Waals surface area contributed by atoms with E-state index in [0.29, 0.717) is 25.8 Å². The highest BCUT2D eigenvalue weighted by molar-refractivity contribution is 7.92. The maximum absolute atomic E-state index is 14.4. The van der Waals surface area contributed by atoms with E-state index < -0.39 is 73.9 Å². The molecule has 0 bridgehead atoms. The average molecular weight is 694 g/mol. The molecule has 2 heterocycles. The molecule has 0 radical (unpaired) electrons. The van der Waals surface area contributed by atoms with E-state index in [0.717, 1.165) is 25.7 Å². The minimum absolute atomic E-state index is 0.0440. The zero-order chi connectivity index (χ0) is 35.7. The number of hydrogen-bond donors (Lipinski definition) is 4. The highest BCUT2D eigenvalue weighted by Gasteiger charge is 2.70. The van der Waals surface area contributed by atoms with Gasteiger partial charge in [0.05, 0.1) is 23.9 Å². The van der Waals surface area contributed by atoms with Crippen LogP contribution in [-0.2, 0) is 33.8 Å². The molecule has 4 rings (SSSR count). The Bertz CT molecular complexity index is 1380. The van der Waals surface area contributed by atoms with Gasteiger partial charge in [0.1, 0.15) is 12.1 Å². The van der Waals surface area contributed by atoms with Gasteiger partial charge in [0.25, 0.3) is 5.91 Å². The number of nitrogens with zero attached hydrogens (tertiary/aromatic N) is 1. The van der Waals surface area contributed by atoms with Crippen molar-refractivity contribution in [3.63, 3.8) is 0 Å². The lowest BCUT2D eigenvalue weighted by Gasteiger charge is -2.42. The molecule has 2 aliphatic heterocycles. The maximum atomic E-state index is 14.4. The number of piperidine rings is 1. The zero-order valence-corrected chi connectivity index (χ0v) is 30.2. The first kappa shape index (κ1) is 37.8. The number of unbranched alkanes of at least 4 members (excludes halogenated alkanes) is 1. The van der Waals surface area contributed by atoms with Crippen molar-refractivity contribution in [1.29, 1.82) is 0 Å². The Labute approximate surface area is 285 Å². The fourth-order valence-electron chi connectivity index (χ4n) is 7.95. The molecule has 4 fully saturated rings. The number of urea groups is 1. The molecular formula is C34H55N5O8S. The Hall–Kier alpha value is -3.00. The van der Waals surface area contributed by atoms with Crippen LogP contribution in [0.1, 0.15) is 92.9 Å². The summed E-state index contributed by atoms with van der Waals surface area (Å²) in [6.07, 6.45) is 6.36. The first-order valence-electron chi connectivity index (χ1n) is 17.4. The van der Waals surface area contributed by atoms with Gasteiger partial charge in [-0.1, -0.05) is 79.7 Å². The van der Waals surface area contributed by atoms with Gasteiger partial charge in [-0.15, -0.1) is 6.58 Å². The predicted molar refractivity (Wildman–Crippen MR) is 180 cm³/mol. The molecule has 2 saturated carbocycles. The van der Waals surface area contributed by atoms with Crippen LogP contribution in [0.3, 0.4) is 0 Å². The van der Waals surface area contributed by atoms with Crippen molar-refractivity contribution in [2.45, 2.75) is 122 Å². The number of rotatable bonds is 13. The van der Waals surface area contributed by atoms with Crippen LogP contribution in [-0.4, -0.2) is 97.4 Å². The standard InChI is InChI=1S/C34H55N5O8S/c1-8-10-14-22(25(40)28(42)35-17-9-2)36-27(41)24-23-21(33(23,6)7)20-39(24)29(43)26(32(3,4)5)37-31(44)38-34(15-12-11-13-16-34)30-47-18-19-48(30,45)46/h9,21-24,26,30H,2,8,10-20H2,1,3-7H3,(H,35,42)(H,36,41)(H2,37,38,44)/t21?,22-,23?,24?,26+,30+/m0/s1. The quantitative estimate of drug-likeness (QED) is 0.167. The van der Waals surface area contributed by atoms with E-state index in [2.05, 4.69) is 27.8 Å². The number of sulfone groups is 1. The van der Waals surface area contributed by atoms with Crippen LogP contribution < -0.4 is 21.3 Å². The van der Waals surface area contributed by atoms with Crippen molar-refractivity contribution < 1.29 is 37.1 Å². The van der Waals surface area contributed by atoms with Gasteiger partial charge in [-0.3, -0.25) is 19.2 Å². The molecule has 3 unspecified atom stereocenters. The van der Waals surface area contributed by atoms with Crippen LogP contribution >= 0.6 is 0 Å². The first-order valence-corrected chi connectivity index (χ1v) is 19.1. The van der Waals surface area contributed by atoms with E-state index >= 15 is 0 Å².